The van der Waals surface area contributed by atoms with Crippen molar-refractivity contribution < 1.29 is 9.90 Å². The second-order valence-corrected chi connectivity index (χ2v) is 6.23. The Morgan fingerprint density at radius 3 is 3.10 bits per heavy atom. The summed E-state index contributed by atoms with van der Waals surface area (Å²) in [5.41, 5.74) is 5.46. The molecule has 0 saturated carbocycles. The smallest absolute Gasteiger partial charge is 0.265 e. The van der Waals surface area contributed by atoms with Crippen LogP contribution in [-0.2, 0) is 0 Å². The summed E-state index contributed by atoms with van der Waals surface area (Å²) in [7, 11) is 0. The molecule has 20 heavy (non-hydrogen) atoms. The van der Waals surface area contributed by atoms with Crippen molar-refractivity contribution in [3.8, 4) is 11.8 Å². The van der Waals surface area contributed by atoms with Gasteiger partial charge in [-0.25, -0.2) is 0 Å². The van der Waals surface area contributed by atoms with Crippen LogP contribution in [0.15, 0.2) is 11.4 Å². The molecule has 1 aromatic rings. The number of carbonyl (C=O) groups is 1. The molecule has 1 aliphatic heterocycles. The van der Waals surface area contributed by atoms with Crippen molar-refractivity contribution in [1.29, 1.82) is 0 Å². The number of hydrogen-bond acceptors (Lipinski definition) is 4. The first-order chi connectivity index (χ1) is 9.53. The van der Waals surface area contributed by atoms with Crippen LogP contribution >= 0.6 is 11.3 Å². The molecule has 0 aromatic carbocycles. The molecular weight excluding hydrogens is 272 g/mol. The molecular formula is C15H20N2O2S. The maximum absolute atomic E-state index is 12.6. The summed E-state index contributed by atoms with van der Waals surface area (Å²) in [5, 5.41) is 12.0. The lowest BCUT2D eigenvalue weighted by Crippen LogP contribution is -2.33. The van der Waals surface area contributed by atoms with Crippen molar-refractivity contribution in [2.75, 3.05) is 19.6 Å². The number of amides is 1. The van der Waals surface area contributed by atoms with E-state index in [1.54, 1.807) is 0 Å². The minimum Gasteiger partial charge on any atom is -0.390 e. The number of hydrogen-bond donors (Lipinski definition) is 2. The fourth-order valence-corrected chi connectivity index (χ4v) is 3.15. The summed E-state index contributed by atoms with van der Waals surface area (Å²) < 4.78 is 0. The second kappa shape index (κ2) is 6.40. The zero-order valence-electron chi connectivity index (χ0n) is 11.7. The van der Waals surface area contributed by atoms with Crippen molar-refractivity contribution in [2.45, 2.75) is 31.8 Å². The topological polar surface area (TPSA) is 66.6 Å². The number of aliphatic hydroxyl groups is 1. The fourth-order valence-electron chi connectivity index (χ4n) is 2.33. The molecule has 1 amide bonds. The highest BCUT2D eigenvalue weighted by atomic mass is 32.1. The Hall–Kier alpha value is -1.35. The molecule has 108 valence electrons. The predicted octanol–water partition coefficient (Wildman–Crippen LogP) is 1.44. The zero-order valence-corrected chi connectivity index (χ0v) is 12.5. The van der Waals surface area contributed by atoms with E-state index in [-0.39, 0.29) is 12.5 Å². The molecule has 1 fully saturated rings. The maximum Gasteiger partial charge on any atom is 0.265 e. The van der Waals surface area contributed by atoms with Gasteiger partial charge in [0.15, 0.2) is 0 Å². The lowest BCUT2D eigenvalue weighted by Gasteiger charge is -2.22. The van der Waals surface area contributed by atoms with E-state index in [1.807, 2.05) is 23.3 Å². The van der Waals surface area contributed by atoms with E-state index in [9.17, 15) is 9.90 Å². The number of nitrogens with zero attached hydrogens (tertiary/aromatic N) is 1. The molecule has 0 radical (unpaired) electrons. The molecule has 1 unspecified atom stereocenters. The molecule has 2 heterocycles. The van der Waals surface area contributed by atoms with Gasteiger partial charge < -0.3 is 15.7 Å². The molecule has 4 nitrogen and oxygen atoms in total. The monoisotopic (exact) mass is 292 g/mol. The summed E-state index contributed by atoms with van der Waals surface area (Å²) in [5.74, 6) is 5.74. The van der Waals surface area contributed by atoms with Crippen LogP contribution in [0, 0.1) is 11.8 Å². The van der Waals surface area contributed by atoms with Gasteiger partial charge in [-0.3, -0.25) is 4.79 Å². The number of thiophene rings is 1. The molecule has 0 spiro atoms. The van der Waals surface area contributed by atoms with E-state index in [4.69, 9.17) is 5.73 Å². The highest BCUT2D eigenvalue weighted by Gasteiger charge is 2.28. The normalized spacial score (nSPS) is 22.9. The van der Waals surface area contributed by atoms with Crippen molar-refractivity contribution in [1.82, 2.24) is 4.90 Å². The lowest BCUT2D eigenvalue weighted by molar-refractivity contribution is 0.0438. The van der Waals surface area contributed by atoms with Crippen LogP contribution in [0.25, 0.3) is 0 Å². The van der Waals surface area contributed by atoms with E-state index in [0.29, 0.717) is 24.4 Å². The van der Waals surface area contributed by atoms with Gasteiger partial charge in [0.1, 0.15) is 4.88 Å². The van der Waals surface area contributed by atoms with E-state index < -0.39 is 5.60 Å². The summed E-state index contributed by atoms with van der Waals surface area (Å²) >= 11 is 1.41. The number of likely N-dealkylation sites (tertiary alicyclic amines) is 1. The first kappa shape index (κ1) is 15.0. The average molecular weight is 292 g/mol. The first-order valence-corrected chi connectivity index (χ1v) is 7.69. The average Bonchev–Trinajstić information content (AvgIpc) is 2.79. The van der Waals surface area contributed by atoms with Gasteiger partial charge in [0, 0.05) is 18.7 Å². The molecule has 0 aliphatic carbocycles. The largest absolute Gasteiger partial charge is 0.390 e. The molecule has 1 aliphatic rings. The Balaban J connectivity index is 2.13. The Labute approximate surface area is 123 Å². The van der Waals surface area contributed by atoms with Gasteiger partial charge in [-0.2, -0.15) is 0 Å². The molecule has 3 N–H and O–H groups in total. The Morgan fingerprint density at radius 1 is 1.55 bits per heavy atom. The van der Waals surface area contributed by atoms with Crippen molar-refractivity contribution in [3.63, 3.8) is 0 Å². The van der Waals surface area contributed by atoms with E-state index in [2.05, 4.69) is 11.8 Å². The summed E-state index contributed by atoms with van der Waals surface area (Å²) in [6.07, 6.45) is 2.18. The van der Waals surface area contributed by atoms with Crippen LogP contribution in [0.1, 0.15) is 41.4 Å². The van der Waals surface area contributed by atoms with Crippen molar-refractivity contribution >= 4 is 17.2 Å². The Bertz CT molecular complexity index is 540. The number of carbonyl (C=O) groups excluding carboxylic acids is 1. The Kier molecular flexibility index (Phi) is 4.81. The van der Waals surface area contributed by atoms with E-state index in [1.165, 1.54) is 11.3 Å². The molecule has 0 bridgehead atoms. The number of nitrogens with two attached hydrogens (primary N) is 1. The fraction of sp³-hybridized carbons (Fsp3) is 0.533. The molecule has 1 saturated heterocycles. The van der Waals surface area contributed by atoms with Gasteiger partial charge in [0.2, 0.25) is 0 Å². The Morgan fingerprint density at radius 2 is 2.35 bits per heavy atom. The van der Waals surface area contributed by atoms with Crippen LogP contribution in [0.2, 0.25) is 0 Å². The summed E-state index contributed by atoms with van der Waals surface area (Å²) in [6, 6.07) is 1.86. The predicted molar refractivity (Wildman–Crippen MR) is 80.6 cm³/mol. The third-order valence-corrected chi connectivity index (χ3v) is 4.44. The van der Waals surface area contributed by atoms with Gasteiger partial charge in [0.25, 0.3) is 5.91 Å². The number of rotatable bonds is 1. The third kappa shape index (κ3) is 3.60. The standard InChI is InChI=1S/C15H20N2O2S/c1-15(19)6-3-9-17(10-7-15)14(18)13-12(4-2-8-16)5-11-20-13/h5,11,19H,3,6-10,16H2,1H3. The quantitative estimate of drug-likeness (QED) is 0.770. The minimum absolute atomic E-state index is 0.0130. The van der Waals surface area contributed by atoms with Gasteiger partial charge in [-0.15, -0.1) is 11.3 Å². The van der Waals surface area contributed by atoms with Crippen LogP contribution in [-0.4, -0.2) is 41.1 Å². The SMILES string of the molecule is CC1(O)CCCN(C(=O)c2sccc2C#CCN)CC1. The van der Waals surface area contributed by atoms with Crippen LogP contribution in [0.3, 0.4) is 0 Å². The maximum atomic E-state index is 12.6. The van der Waals surface area contributed by atoms with Gasteiger partial charge in [0.05, 0.1) is 12.1 Å². The minimum atomic E-state index is -0.660. The molecule has 5 heteroatoms. The summed E-state index contributed by atoms with van der Waals surface area (Å²) in [4.78, 5) is 15.1. The second-order valence-electron chi connectivity index (χ2n) is 5.31. The van der Waals surface area contributed by atoms with Crippen LogP contribution in [0.5, 0.6) is 0 Å². The van der Waals surface area contributed by atoms with E-state index in [0.717, 1.165) is 18.4 Å². The van der Waals surface area contributed by atoms with Crippen molar-refractivity contribution in [2.24, 2.45) is 5.73 Å². The van der Waals surface area contributed by atoms with Gasteiger partial charge >= 0.3 is 0 Å². The third-order valence-electron chi connectivity index (χ3n) is 3.54. The zero-order chi connectivity index (χ0) is 14.6. The highest BCUT2D eigenvalue weighted by molar-refractivity contribution is 7.12. The van der Waals surface area contributed by atoms with Gasteiger partial charge in [-0.1, -0.05) is 11.8 Å². The van der Waals surface area contributed by atoms with E-state index >= 15 is 0 Å². The molecule has 1 atom stereocenters. The lowest BCUT2D eigenvalue weighted by atomic mass is 9.98. The van der Waals surface area contributed by atoms with Crippen molar-refractivity contribution in [3.05, 3.63) is 21.9 Å². The first-order valence-electron chi connectivity index (χ1n) is 6.81. The van der Waals surface area contributed by atoms with Crippen LogP contribution in [0.4, 0.5) is 0 Å². The molecule has 2 rings (SSSR count). The van der Waals surface area contributed by atoms with Crippen LogP contribution < -0.4 is 5.73 Å². The summed E-state index contributed by atoms with van der Waals surface area (Å²) in [6.45, 7) is 3.41. The molecule has 1 aromatic heterocycles. The van der Waals surface area contributed by atoms with Gasteiger partial charge in [-0.05, 0) is 37.6 Å². The highest BCUT2D eigenvalue weighted by Crippen LogP contribution is 2.24.